The summed E-state index contributed by atoms with van der Waals surface area (Å²) in [6.45, 7) is -0.160. The van der Waals surface area contributed by atoms with Gasteiger partial charge in [0.25, 0.3) is 25.8 Å². The Hall–Kier alpha value is -6.58. The van der Waals surface area contributed by atoms with Crippen molar-refractivity contribution in [2.75, 3.05) is 5.32 Å². The molecule has 0 spiro atoms. The minimum atomic E-state index is -4.60. The van der Waals surface area contributed by atoms with Gasteiger partial charge in [0.2, 0.25) is 0 Å². The zero-order valence-electron chi connectivity index (χ0n) is 28.4. The topological polar surface area (TPSA) is 189 Å². The van der Waals surface area contributed by atoms with Gasteiger partial charge in [0.1, 0.15) is 18.1 Å². The van der Waals surface area contributed by atoms with Gasteiger partial charge in [0.05, 0.1) is 32.1 Å². The molecule has 1 heterocycles. The maximum atomic E-state index is 14.5. The predicted molar refractivity (Wildman–Crippen MR) is 206 cm³/mol. The van der Waals surface area contributed by atoms with Crippen molar-refractivity contribution in [2.24, 2.45) is 0 Å². The number of carbonyl (C=O) groups excluding carboxylic acids is 1. The van der Waals surface area contributed by atoms with Crippen molar-refractivity contribution in [3.05, 3.63) is 161 Å². The summed E-state index contributed by atoms with van der Waals surface area (Å²) in [6.07, 6.45) is 0. The number of fused-ring (bicyclic) bond motifs is 2. The number of aromatic nitrogens is 1. The summed E-state index contributed by atoms with van der Waals surface area (Å²) >= 11 is 0. The molecule has 12 nitrogen and oxygen atoms in total. The Morgan fingerprint density at radius 1 is 0.618 bits per heavy atom. The fourth-order valence-corrected chi connectivity index (χ4v) is 7.61. The molecule has 274 valence electrons. The van der Waals surface area contributed by atoms with E-state index in [0.717, 1.165) is 0 Å². The van der Waals surface area contributed by atoms with Crippen LogP contribution in [0.5, 0.6) is 17.2 Å². The van der Waals surface area contributed by atoms with E-state index in [0.29, 0.717) is 44.6 Å². The highest BCUT2D eigenvalue weighted by Gasteiger charge is 2.33. The molecule has 0 radical (unpaired) electrons. The summed E-state index contributed by atoms with van der Waals surface area (Å²) in [6, 6.07) is 35.1. The number of para-hydroxylation sites is 1. The van der Waals surface area contributed by atoms with Crippen molar-refractivity contribution in [1.82, 2.24) is 4.98 Å². The van der Waals surface area contributed by atoms with E-state index in [4.69, 9.17) is 9.47 Å². The fraction of sp³-hybridized carbons (Fsp3) is 0.0244. The quantitative estimate of drug-likeness (QED) is 0.0986. The highest BCUT2D eigenvalue weighted by Crippen LogP contribution is 2.48. The van der Waals surface area contributed by atoms with E-state index in [-0.39, 0.29) is 56.0 Å². The molecule has 1 aliphatic carbocycles. The van der Waals surface area contributed by atoms with Gasteiger partial charge in [-0.1, -0.05) is 72.8 Å². The lowest BCUT2D eigenvalue weighted by Gasteiger charge is -2.26. The third kappa shape index (κ3) is 6.75. The molecule has 14 heteroatoms. The predicted octanol–water partition coefficient (Wildman–Crippen LogP) is 8.01. The van der Waals surface area contributed by atoms with Gasteiger partial charge < -0.3 is 19.8 Å². The SMILES string of the molecule is O=C1c2ccccc2-c2c(COc3ccccc3)c(=O)[nH]c3c(Oc4ccc(S(=O)(=O)O)cc4-c4ccccc4)cc(Nc4ccc(S(=O)(=O)O)cc4)c1c23. The number of aromatic amines is 1. The minimum Gasteiger partial charge on any atom is -0.489 e. The summed E-state index contributed by atoms with van der Waals surface area (Å²) in [7, 11) is -9.09. The Morgan fingerprint density at radius 3 is 1.91 bits per heavy atom. The second-order valence-electron chi connectivity index (χ2n) is 12.6. The Balaban J connectivity index is 1.40. The van der Waals surface area contributed by atoms with Crippen molar-refractivity contribution in [3.63, 3.8) is 0 Å². The van der Waals surface area contributed by atoms with Crippen LogP contribution < -0.4 is 20.3 Å². The smallest absolute Gasteiger partial charge is 0.294 e. The van der Waals surface area contributed by atoms with Gasteiger partial charge in [-0.3, -0.25) is 18.7 Å². The van der Waals surface area contributed by atoms with Crippen molar-refractivity contribution in [3.8, 4) is 39.5 Å². The molecule has 0 bridgehead atoms. The molecule has 0 atom stereocenters. The largest absolute Gasteiger partial charge is 0.489 e. The molecule has 0 amide bonds. The van der Waals surface area contributed by atoms with E-state index in [2.05, 4.69) is 10.3 Å². The molecule has 0 fully saturated rings. The summed E-state index contributed by atoms with van der Waals surface area (Å²) in [5.41, 5.74) is 2.74. The molecule has 55 heavy (non-hydrogen) atoms. The van der Waals surface area contributed by atoms with Crippen molar-refractivity contribution in [2.45, 2.75) is 16.4 Å². The number of ether oxygens (including phenoxy) is 2. The highest BCUT2D eigenvalue weighted by molar-refractivity contribution is 7.86. The molecule has 0 saturated carbocycles. The van der Waals surface area contributed by atoms with Crippen LogP contribution in [0.2, 0.25) is 0 Å². The van der Waals surface area contributed by atoms with Crippen LogP contribution in [0.3, 0.4) is 0 Å². The molecule has 0 unspecified atom stereocenters. The van der Waals surface area contributed by atoms with Gasteiger partial charge in [0.15, 0.2) is 11.5 Å². The van der Waals surface area contributed by atoms with Crippen LogP contribution >= 0.6 is 0 Å². The number of hydrogen-bond donors (Lipinski definition) is 4. The Labute approximate surface area is 314 Å². The van der Waals surface area contributed by atoms with Crippen LogP contribution in [-0.4, -0.2) is 36.7 Å². The molecule has 1 aliphatic rings. The maximum absolute atomic E-state index is 14.5. The van der Waals surface area contributed by atoms with Crippen LogP contribution in [-0.2, 0) is 26.8 Å². The molecular formula is C41H28N2O10S2. The Morgan fingerprint density at radius 2 is 1.24 bits per heavy atom. The lowest BCUT2D eigenvalue weighted by molar-refractivity contribution is 0.104. The fourth-order valence-electron chi connectivity index (χ4n) is 6.63. The number of carbonyl (C=O) groups is 1. The monoisotopic (exact) mass is 772 g/mol. The van der Waals surface area contributed by atoms with E-state index in [1.165, 1.54) is 48.5 Å². The van der Waals surface area contributed by atoms with Gasteiger partial charge in [-0.25, -0.2) is 0 Å². The first-order valence-corrected chi connectivity index (χ1v) is 19.5. The van der Waals surface area contributed by atoms with Gasteiger partial charge in [-0.15, -0.1) is 0 Å². The molecular weight excluding hydrogens is 745 g/mol. The molecule has 1 aromatic heterocycles. The third-order valence-corrected chi connectivity index (χ3v) is 10.9. The first-order chi connectivity index (χ1) is 26.4. The van der Waals surface area contributed by atoms with E-state index in [1.54, 1.807) is 78.9 Å². The van der Waals surface area contributed by atoms with E-state index in [1.807, 2.05) is 6.07 Å². The third-order valence-electron chi connectivity index (χ3n) is 9.13. The number of pyridine rings is 1. The second-order valence-corrected chi connectivity index (χ2v) is 15.4. The number of H-pyrrole nitrogens is 1. The van der Waals surface area contributed by atoms with Crippen LogP contribution in [0.15, 0.2) is 148 Å². The maximum Gasteiger partial charge on any atom is 0.294 e. The zero-order valence-corrected chi connectivity index (χ0v) is 30.0. The number of benzene rings is 6. The Bertz CT molecular complexity index is 2950. The Kier molecular flexibility index (Phi) is 8.82. The normalized spacial score (nSPS) is 12.3. The van der Waals surface area contributed by atoms with Crippen LogP contribution in [0.4, 0.5) is 11.4 Å². The summed E-state index contributed by atoms with van der Waals surface area (Å²) < 4.78 is 80.0. The van der Waals surface area contributed by atoms with Crippen molar-refractivity contribution < 1.29 is 40.2 Å². The first kappa shape index (κ1) is 35.4. The standard InChI is InChI=1S/C41H28N2O10S2/c44-40-30-14-8-7-13-29(30)36-32(23-52-26-11-5-2-6-12-26)41(45)43-39-35(22-33(37(40)38(36)39)42-25-15-17-27(18-16-25)54(46,47)48)53-34-20-19-28(55(49,50)51)21-31(34)24-9-3-1-4-10-24/h1-22,42H,23H2,(H,43,45)(H,46,47,48)(H,49,50,51). The van der Waals surface area contributed by atoms with Gasteiger partial charge >= 0.3 is 0 Å². The molecule has 7 aromatic rings. The summed E-state index contributed by atoms with van der Waals surface area (Å²) in [5, 5.41) is 3.53. The average Bonchev–Trinajstić information content (AvgIpc) is 3.17. The van der Waals surface area contributed by atoms with Crippen LogP contribution in [0, 0.1) is 0 Å². The van der Waals surface area contributed by atoms with E-state index < -0.39 is 25.8 Å². The molecule has 0 aliphatic heterocycles. The van der Waals surface area contributed by atoms with E-state index in [9.17, 15) is 35.5 Å². The summed E-state index contributed by atoms with van der Waals surface area (Å²) in [5.74, 6) is 0.359. The summed E-state index contributed by atoms with van der Waals surface area (Å²) in [4.78, 5) is 30.9. The lowest BCUT2D eigenvalue weighted by Crippen LogP contribution is -2.22. The van der Waals surface area contributed by atoms with Crippen molar-refractivity contribution >= 4 is 48.3 Å². The van der Waals surface area contributed by atoms with Gasteiger partial charge in [0, 0.05) is 33.8 Å². The first-order valence-electron chi connectivity index (χ1n) is 16.6. The minimum absolute atomic E-state index is 0.0636. The van der Waals surface area contributed by atoms with E-state index >= 15 is 0 Å². The second kappa shape index (κ2) is 13.7. The van der Waals surface area contributed by atoms with Gasteiger partial charge in [-0.05, 0) is 65.7 Å². The lowest BCUT2D eigenvalue weighted by atomic mass is 9.81. The van der Waals surface area contributed by atoms with Gasteiger partial charge in [-0.2, -0.15) is 16.8 Å². The molecule has 8 rings (SSSR count). The number of hydrogen-bond acceptors (Lipinski definition) is 9. The zero-order chi connectivity index (χ0) is 38.5. The number of rotatable bonds is 10. The average molecular weight is 773 g/mol. The number of ketones is 1. The van der Waals surface area contributed by atoms with Crippen LogP contribution in [0.25, 0.3) is 33.2 Å². The van der Waals surface area contributed by atoms with Crippen molar-refractivity contribution in [1.29, 1.82) is 0 Å². The molecule has 4 N–H and O–H groups in total. The highest BCUT2D eigenvalue weighted by atomic mass is 32.2. The molecule has 0 saturated heterocycles. The van der Waals surface area contributed by atoms with Crippen LogP contribution in [0.1, 0.15) is 21.5 Å². The number of anilines is 2. The number of nitrogens with one attached hydrogen (secondary N) is 2. The molecule has 6 aromatic carbocycles.